The molecule has 3 heterocycles. The van der Waals surface area contributed by atoms with Crippen molar-refractivity contribution < 1.29 is 0 Å². The number of hydrogen-bond donors (Lipinski definition) is 1. The normalized spacial score (nSPS) is 11.7. The molecule has 1 unspecified atom stereocenters. The van der Waals surface area contributed by atoms with Crippen LogP contribution in [0.15, 0.2) is 30.6 Å². The van der Waals surface area contributed by atoms with Gasteiger partial charge >= 0.3 is 0 Å². The van der Waals surface area contributed by atoms with Crippen molar-refractivity contribution in [2.75, 3.05) is 0 Å². The quantitative estimate of drug-likeness (QED) is 0.784. The van der Waals surface area contributed by atoms with E-state index < -0.39 is 0 Å². The Bertz CT molecular complexity index is 845. The van der Waals surface area contributed by atoms with Crippen molar-refractivity contribution >= 4 is 23.6 Å². The molecule has 2 N–H and O–H groups in total. The molecule has 3 rings (SSSR count). The van der Waals surface area contributed by atoms with Gasteiger partial charge in [0.05, 0.1) is 11.6 Å². The second-order valence-electron chi connectivity index (χ2n) is 4.97. The molecule has 0 radical (unpaired) electrons. The fourth-order valence-corrected chi connectivity index (χ4v) is 2.20. The van der Waals surface area contributed by atoms with Gasteiger partial charge in [0.15, 0.2) is 5.65 Å². The summed E-state index contributed by atoms with van der Waals surface area (Å²) in [5.41, 5.74) is 9.06. The number of pyridine rings is 2. The molecule has 6 nitrogen and oxygen atoms in total. The zero-order valence-corrected chi connectivity index (χ0v) is 13.0. The van der Waals surface area contributed by atoms with Gasteiger partial charge < -0.3 is 5.73 Å². The molecule has 0 aliphatic carbocycles. The van der Waals surface area contributed by atoms with Crippen molar-refractivity contribution in [3.05, 3.63) is 47.5 Å². The lowest BCUT2D eigenvalue weighted by molar-refractivity contribution is 0.719. The summed E-state index contributed by atoms with van der Waals surface area (Å²) in [6.07, 6.45) is 3.31. The highest BCUT2D eigenvalue weighted by molar-refractivity contribution is 5.85. The van der Waals surface area contributed by atoms with E-state index in [0.717, 1.165) is 11.1 Å². The smallest absolute Gasteiger partial charge is 0.165 e. The summed E-state index contributed by atoms with van der Waals surface area (Å²) in [7, 11) is 0. The van der Waals surface area contributed by atoms with Crippen LogP contribution in [0.1, 0.15) is 29.9 Å². The van der Waals surface area contributed by atoms with Crippen molar-refractivity contribution in [2.24, 2.45) is 5.73 Å². The van der Waals surface area contributed by atoms with Crippen molar-refractivity contribution in [3.63, 3.8) is 0 Å². The van der Waals surface area contributed by atoms with Gasteiger partial charge in [-0.3, -0.25) is 4.57 Å². The third-order valence-corrected chi connectivity index (χ3v) is 3.17. The van der Waals surface area contributed by atoms with E-state index in [1.54, 1.807) is 18.3 Å². The third kappa shape index (κ3) is 2.64. The van der Waals surface area contributed by atoms with Gasteiger partial charge in [-0.15, -0.1) is 12.4 Å². The Balaban J connectivity index is 0.00000176. The number of halogens is 1. The van der Waals surface area contributed by atoms with Crippen LogP contribution in [0.3, 0.4) is 0 Å². The first-order chi connectivity index (χ1) is 10.1. The largest absolute Gasteiger partial charge is 0.322 e. The lowest BCUT2D eigenvalue weighted by Gasteiger charge is -2.09. The number of aromatic nitrogens is 4. The molecule has 22 heavy (non-hydrogen) atoms. The first-order valence-corrected chi connectivity index (χ1v) is 6.57. The summed E-state index contributed by atoms with van der Waals surface area (Å²) in [4.78, 5) is 13.3. The Kier molecular flexibility index (Phi) is 4.40. The number of nitrogens with zero attached hydrogens (tertiary/aromatic N) is 5. The monoisotopic (exact) mass is 314 g/mol. The molecule has 0 amide bonds. The SMILES string of the molecule is Cc1cnc2c(c1)nc(C(C)N)n2-c1ccc(C#N)cn1.Cl. The Morgan fingerprint density at radius 1 is 1.27 bits per heavy atom. The predicted molar refractivity (Wildman–Crippen MR) is 86.0 cm³/mol. The molecule has 0 bridgehead atoms. The molecule has 0 saturated heterocycles. The molecule has 3 aromatic heterocycles. The maximum atomic E-state index is 8.86. The number of fused-ring (bicyclic) bond motifs is 1. The molecule has 0 aromatic carbocycles. The molecule has 0 saturated carbocycles. The number of rotatable bonds is 2. The summed E-state index contributed by atoms with van der Waals surface area (Å²) in [5, 5.41) is 8.86. The molecule has 0 spiro atoms. The molecule has 1 atom stereocenters. The maximum absolute atomic E-state index is 8.86. The van der Waals surface area contributed by atoms with Crippen LogP contribution in [0.2, 0.25) is 0 Å². The number of nitrogens with two attached hydrogens (primary N) is 1. The maximum Gasteiger partial charge on any atom is 0.165 e. The molecular formula is C15H15ClN6. The second-order valence-corrected chi connectivity index (χ2v) is 4.97. The van der Waals surface area contributed by atoms with Gasteiger partial charge in [0.25, 0.3) is 0 Å². The van der Waals surface area contributed by atoms with Gasteiger partial charge in [-0.2, -0.15) is 5.26 Å². The van der Waals surface area contributed by atoms with Gasteiger partial charge in [-0.25, -0.2) is 15.0 Å². The van der Waals surface area contributed by atoms with Crippen LogP contribution >= 0.6 is 12.4 Å². The summed E-state index contributed by atoms with van der Waals surface area (Å²) in [5.74, 6) is 1.35. The lowest BCUT2D eigenvalue weighted by Crippen LogP contribution is -2.13. The molecule has 0 aliphatic rings. The predicted octanol–water partition coefficient (Wildman–Crippen LogP) is 2.44. The highest BCUT2D eigenvalue weighted by Gasteiger charge is 2.17. The van der Waals surface area contributed by atoms with Crippen LogP contribution in [0, 0.1) is 18.3 Å². The minimum absolute atomic E-state index is 0. The third-order valence-electron chi connectivity index (χ3n) is 3.17. The van der Waals surface area contributed by atoms with Gasteiger partial charge in [-0.05, 0) is 37.6 Å². The van der Waals surface area contributed by atoms with Crippen LogP contribution in [-0.4, -0.2) is 19.5 Å². The summed E-state index contributed by atoms with van der Waals surface area (Å²) >= 11 is 0. The number of aryl methyl sites for hydroxylation is 1. The summed E-state index contributed by atoms with van der Waals surface area (Å²) < 4.78 is 1.83. The molecule has 3 aromatic rings. The van der Waals surface area contributed by atoms with Crippen LogP contribution in [-0.2, 0) is 0 Å². The molecular weight excluding hydrogens is 300 g/mol. The number of imidazole rings is 1. The highest BCUT2D eigenvalue weighted by Crippen LogP contribution is 2.22. The topological polar surface area (TPSA) is 93.4 Å². The van der Waals surface area contributed by atoms with E-state index in [1.807, 2.05) is 24.5 Å². The zero-order chi connectivity index (χ0) is 15.0. The highest BCUT2D eigenvalue weighted by atomic mass is 35.5. The van der Waals surface area contributed by atoms with Gasteiger partial charge in [0.2, 0.25) is 0 Å². The minimum atomic E-state index is -0.253. The first-order valence-electron chi connectivity index (χ1n) is 6.57. The average Bonchev–Trinajstić information content (AvgIpc) is 2.86. The summed E-state index contributed by atoms with van der Waals surface area (Å²) in [6.45, 7) is 3.84. The summed E-state index contributed by atoms with van der Waals surface area (Å²) in [6, 6.07) is 7.25. The zero-order valence-electron chi connectivity index (χ0n) is 12.2. The number of hydrogen-bond acceptors (Lipinski definition) is 5. The van der Waals surface area contributed by atoms with Crippen LogP contribution in [0.25, 0.3) is 17.0 Å². The minimum Gasteiger partial charge on any atom is -0.322 e. The molecule has 112 valence electrons. The van der Waals surface area contributed by atoms with Crippen molar-refractivity contribution in [1.29, 1.82) is 5.26 Å². The lowest BCUT2D eigenvalue weighted by atomic mass is 10.3. The van der Waals surface area contributed by atoms with Crippen molar-refractivity contribution in [1.82, 2.24) is 19.5 Å². The van der Waals surface area contributed by atoms with Crippen LogP contribution in [0.5, 0.6) is 0 Å². The van der Waals surface area contributed by atoms with E-state index in [9.17, 15) is 0 Å². The van der Waals surface area contributed by atoms with E-state index in [0.29, 0.717) is 22.9 Å². The second kappa shape index (κ2) is 6.10. The fourth-order valence-electron chi connectivity index (χ4n) is 2.20. The first kappa shape index (κ1) is 15.9. The molecule has 0 aliphatic heterocycles. The molecule has 7 heteroatoms. The Hall–Kier alpha value is -2.49. The Morgan fingerprint density at radius 2 is 2.05 bits per heavy atom. The number of nitriles is 1. The molecule has 0 fully saturated rings. The van der Waals surface area contributed by atoms with Crippen molar-refractivity contribution in [2.45, 2.75) is 19.9 Å². The van der Waals surface area contributed by atoms with E-state index in [-0.39, 0.29) is 18.4 Å². The van der Waals surface area contributed by atoms with E-state index in [4.69, 9.17) is 11.0 Å². The standard InChI is InChI=1S/C15H14N6.ClH/c1-9-5-12-15(19-7-9)21(14(20-12)10(2)17)13-4-3-11(6-16)8-18-13;/h3-5,7-8,10H,17H2,1-2H3;1H. The fraction of sp³-hybridized carbons (Fsp3) is 0.200. The van der Waals surface area contributed by atoms with Crippen LogP contribution in [0.4, 0.5) is 0 Å². The van der Waals surface area contributed by atoms with Crippen molar-refractivity contribution in [3.8, 4) is 11.9 Å². The van der Waals surface area contributed by atoms with E-state index in [1.165, 1.54) is 6.20 Å². The van der Waals surface area contributed by atoms with Crippen LogP contribution < -0.4 is 5.73 Å². The van der Waals surface area contributed by atoms with E-state index >= 15 is 0 Å². The van der Waals surface area contributed by atoms with E-state index in [2.05, 4.69) is 21.0 Å². The van der Waals surface area contributed by atoms with Gasteiger partial charge in [0.1, 0.15) is 23.2 Å². The van der Waals surface area contributed by atoms with Gasteiger partial charge in [-0.1, -0.05) is 0 Å². The Morgan fingerprint density at radius 3 is 2.64 bits per heavy atom. The van der Waals surface area contributed by atoms with Gasteiger partial charge in [0, 0.05) is 12.4 Å². The average molecular weight is 315 g/mol. The Labute approximate surface area is 134 Å².